The minimum Gasteiger partial charge on any atom is -0.461 e. The van der Waals surface area contributed by atoms with Gasteiger partial charge in [-0.3, -0.25) is 14.3 Å². The van der Waals surface area contributed by atoms with E-state index in [1.54, 1.807) is 12.1 Å². The van der Waals surface area contributed by atoms with Crippen molar-refractivity contribution < 1.29 is 32.0 Å². The van der Waals surface area contributed by atoms with E-state index in [-0.39, 0.29) is 30.1 Å². The third-order valence-corrected chi connectivity index (χ3v) is 9.14. The molecule has 8 nitrogen and oxygen atoms in total. The molecule has 0 aromatic heterocycles. The topological polar surface area (TPSA) is 111 Å². The van der Waals surface area contributed by atoms with E-state index in [9.17, 15) is 18.3 Å². The summed E-state index contributed by atoms with van der Waals surface area (Å²) >= 11 is 1.54. The molecule has 3 rings (SSSR count). The fraction of sp³-hybridized carbons (Fsp3) is 0.519. The van der Waals surface area contributed by atoms with Crippen LogP contribution in [0.25, 0.3) is 0 Å². The van der Waals surface area contributed by atoms with Crippen molar-refractivity contribution in [3.05, 3.63) is 60.2 Å². The molecular formula is C27H37NO7S2. The summed E-state index contributed by atoms with van der Waals surface area (Å²) in [7, 11) is -3.92. The Bertz CT molecular complexity index is 1130. The summed E-state index contributed by atoms with van der Waals surface area (Å²) in [4.78, 5) is 12.3. The second kappa shape index (κ2) is 12.7. The minimum absolute atomic E-state index is 0.0517. The molecule has 1 unspecified atom stereocenters. The third-order valence-electron chi connectivity index (χ3n) is 6.64. The SMILES string of the molecule is CC(=O)O[C@@H]1C[C@](C)(Sc2ccccc2)OC([C@H](C)[C@H](C)COS(=O)(=O)c2ccc(C)cc2)[C@@H]1NCO. The zero-order chi connectivity index (χ0) is 27.2. The van der Waals surface area contributed by atoms with E-state index in [1.165, 1.54) is 30.8 Å². The molecule has 0 amide bonds. The van der Waals surface area contributed by atoms with Gasteiger partial charge in [0.05, 0.1) is 30.4 Å². The molecule has 6 atom stereocenters. The molecule has 0 spiro atoms. The summed E-state index contributed by atoms with van der Waals surface area (Å²) in [6.07, 6.45) is -0.664. The second-order valence-electron chi connectivity index (χ2n) is 9.76. The minimum atomic E-state index is -3.92. The summed E-state index contributed by atoms with van der Waals surface area (Å²) in [5, 5.41) is 12.7. The van der Waals surface area contributed by atoms with Crippen molar-refractivity contribution in [2.45, 2.75) is 74.0 Å². The first-order valence-corrected chi connectivity index (χ1v) is 14.6. The van der Waals surface area contributed by atoms with Crippen molar-refractivity contribution in [2.24, 2.45) is 11.8 Å². The Morgan fingerprint density at radius 2 is 1.84 bits per heavy atom. The van der Waals surface area contributed by atoms with Crippen LogP contribution in [0.2, 0.25) is 0 Å². The number of benzene rings is 2. The van der Waals surface area contributed by atoms with Crippen LogP contribution in [0, 0.1) is 18.8 Å². The van der Waals surface area contributed by atoms with E-state index in [0.717, 1.165) is 10.5 Å². The lowest BCUT2D eigenvalue weighted by Gasteiger charge is -2.49. The average molecular weight is 552 g/mol. The Morgan fingerprint density at radius 3 is 2.43 bits per heavy atom. The molecule has 1 aliphatic rings. The maximum Gasteiger partial charge on any atom is 0.302 e. The Balaban J connectivity index is 1.81. The summed E-state index contributed by atoms with van der Waals surface area (Å²) in [5.74, 6) is -0.878. The van der Waals surface area contributed by atoms with Gasteiger partial charge in [0.1, 0.15) is 11.0 Å². The molecule has 1 saturated heterocycles. The zero-order valence-electron chi connectivity index (χ0n) is 21.9. The summed E-state index contributed by atoms with van der Waals surface area (Å²) in [6, 6.07) is 15.8. The van der Waals surface area contributed by atoms with Crippen molar-refractivity contribution in [1.29, 1.82) is 0 Å². The quantitative estimate of drug-likeness (QED) is 0.242. The van der Waals surface area contributed by atoms with Gasteiger partial charge in [-0.05, 0) is 49.9 Å². The van der Waals surface area contributed by atoms with E-state index in [4.69, 9.17) is 13.7 Å². The van der Waals surface area contributed by atoms with Crippen LogP contribution in [0.1, 0.15) is 39.7 Å². The molecule has 1 heterocycles. The van der Waals surface area contributed by atoms with Gasteiger partial charge in [0.25, 0.3) is 10.1 Å². The van der Waals surface area contributed by atoms with E-state index < -0.39 is 39.3 Å². The van der Waals surface area contributed by atoms with E-state index in [1.807, 2.05) is 58.0 Å². The lowest BCUT2D eigenvalue weighted by molar-refractivity contribution is -0.180. The molecule has 204 valence electrons. The number of ether oxygens (including phenoxy) is 2. The van der Waals surface area contributed by atoms with Crippen LogP contribution in [-0.2, 0) is 28.6 Å². The Kier molecular flexibility index (Phi) is 10.2. The largest absolute Gasteiger partial charge is 0.461 e. The van der Waals surface area contributed by atoms with Gasteiger partial charge in [0.15, 0.2) is 0 Å². The van der Waals surface area contributed by atoms with Gasteiger partial charge >= 0.3 is 5.97 Å². The highest BCUT2D eigenvalue weighted by Gasteiger charge is 2.49. The molecular weight excluding hydrogens is 514 g/mol. The number of carbonyl (C=O) groups excluding carboxylic acids is 1. The molecule has 0 radical (unpaired) electrons. The number of carbonyl (C=O) groups is 1. The summed E-state index contributed by atoms with van der Waals surface area (Å²) < 4.78 is 43.2. The van der Waals surface area contributed by atoms with Crippen LogP contribution in [0.3, 0.4) is 0 Å². The standard InChI is InChI=1S/C27H37NO7S2/c1-18-11-13-23(14-12-18)37(31,32)33-16-19(2)20(3)26-25(28-17-29)24(34-21(4)30)15-27(5,35-26)36-22-9-7-6-8-10-22/h6-14,19-20,24-26,28-29H,15-17H2,1-5H3/t19-,20-,24-,25-,26?,27+/m1/s1. The van der Waals surface area contributed by atoms with Gasteiger partial charge in [-0.1, -0.05) is 61.5 Å². The Hall–Kier alpha value is -1.95. The number of rotatable bonds is 11. The first-order chi connectivity index (χ1) is 17.4. The zero-order valence-corrected chi connectivity index (χ0v) is 23.6. The molecule has 10 heteroatoms. The summed E-state index contributed by atoms with van der Waals surface area (Å²) in [6.45, 7) is 8.67. The highest BCUT2D eigenvalue weighted by molar-refractivity contribution is 8.00. The maximum absolute atomic E-state index is 12.7. The lowest BCUT2D eigenvalue weighted by Crippen LogP contribution is -2.62. The van der Waals surface area contributed by atoms with E-state index in [0.29, 0.717) is 6.42 Å². The number of aliphatic hydroxyl groups excluding tert-OH is 1. The number of hydrogen-bond acceptors (Lipinski definition) is 9. The number of thioether (sulfide) groups is 1. The molecule has 2 aromatic carbocycles. The molecule has 1 fully saturated rings. The fourth-order valence-electron chi connectivity index (χ4n) is 4.48. The molecule has 0 saturated carbocycles. The normalized spacial score (nSPS) is 25.8. The van der Waals surface area contributed by atoms with Crippen LogP contribution in [0.5, 0.6) is 0 Å². The highest BCUT2D eigenvalue weighted by Crippen LogP contribution is 2.45. The number of aryl methyl sites for hydroxylation is 1. The van der Waals surface area contributed by atoms with Crippen molar-refractivity contribution in [3.63, 3.8) is 0 Å². The van der Waals surface area contributed by atoms with Gasteiger partial charge < -0.3 is 14.6 Å². The van der Waals surface area contributed by atoms with E-state index >= 15 is 0 Å². The van der Waals surface area contributed by atoms with Crippen LogP contribution in [-0.4, -0.2) is 56.0 Å². The number of nitrogens with one attached hydrogen (secondary N) is 1. The van der Waals surface area contributed by atoms with Gasteiger partial charge in [-0.2, -0.15) is 8.42 Å². The van der Waals surface area contributed by atoms with Crippen LogP contribution < -0.4 is 5.32 Å². The van der Waals surface area contributed by atoms with Crippen LogP contribution >= 0.6 is 11.8 Å². The van der Waals surface area contributed by atoms with Crippen molar-refractivity contribution in [3.8, 4) is 0 Å². The van der Waals surface area contributed by atoms with Gasteiger partial charge in [-0.25, -0.2) is 0 Å². The predicted octanol–water partition coefficient (Wildman–Crippen LogP) is 4.11. The lowest BCUT2D eigenvalue weighted by atomic mass is 9.82. The smallest absolute Gasteiger partial charge is 0.302 e. The molecule has 0 bridgehead atoms. The fourth-order valence-corrected chi connectivity index (χ4v) is 6.68. The predicted molar refractivity (Wildman–Crippen MR) is 142 cm³/mol. The Morgan fingerprint density at radius 1 is 1.19 bits per heavy atom. The maximum atomic E-state index is 12.7. The van der Waals surface area contributed by atoms with Crippen LogP contribution in [0.4, 0.5) is 0 Å². The number of hydrogen-bond donors (Lipinski definition) is 2. The molecule has 1 aliphatic heterocycles. The highest BCUT2D eigenvalue weighted by atomic mass is 32.2. The number of aliphatic hydroxyl groups is 1. The van der Waals surface area contributed by atoms with Gasteiger partial charge in [0, 0.05) is 18.2 Å². The van der Waals surface area contributed by atoms with Crippen molar-refractivity contribution in [1.82, 2.24) is 5.32 Å². The third kappa shape index (κ3) is 8.02. The molecule has 2 aromatic rings. The Labute approximate surface area is 224 Å². The van der Waals surface area contributed by atoms with Crippen molar-refractivity contribution >= 4 is 27.8 Å². The summed E-state index contributed by atoms with van der Waals surface area (Å²) in [5.41, 5.74) is 0.955. The van der Waals surface area contributed by atoms with Gasteiger partial charge in [0.2, 0.25) is 0 Å². The van der Waals surface area contributed by atoms with Crippen LogP contribution in [0.15, 0.2) is 64.4 Å². The average Bonchev–Trinajstić information content (AvgIpc) is 2.84. The first-order valence-electron chi connectivity index (χ1n) is 12.3. The van der Waals surface area contributed by atoms with E-state index in [2.05, 4.69) is 5.32 Å². The monoisotopic (exact) mass is 551 g/mol. The second-order valence-corrected chi connectivity index (χ2v) is 12.9. The first kappa shape index (κ1) is 29.6. The molecule has 37 heavy (non-hydrogen) atoms. The molecule has 2 N–H and O–H groups in total. The van der Waals surface area contributed by atoms with Crippen molar-refractivity contribution in [2.75, 3.05) is 13.3 Å². The van der Waals surface area contributed by atoms with Gasteiger partial charge in [-0.15, -0.1) is 0 Å². The molecule has 0 aliphatic carbocycles. The number of esters is 1.